The van der Waals surface area contributed by atoms with Gasteiger partial charge in [0.2, 0.25) is 5.91 Å². The molecule has 156 valence electrons. The van der Waals surface area contributed by atoms with E-state index in [1.54, 1.807) is 18.9 Å². The van der Waals surface area contributed by atoms with Gasteiger partial charge in [-0.25, -0.2) is 0 Å². The summed E-state index contributed by atoms with van der Waals surface area (Å²) in [5, 5.41) is 12.4. The van der Waals surface area contributed by atoms with E-state index in [9.17, 15) is 4.79 Å². The highest BCUT2D eigenvalue weighted by atomic mass is 32.2. The Labute approximate surface area is 181 Å². The Balaban J connectivity index is 1.55. The van der Waals surface area contributed by atoms with Gasteiger partial charge >= 0.3 is 0 Å². The third-order valence-electron chi connectivity index (χ3n) is 4.56. The van der Waals surface area contributed by atoms with Crippen LogP contribution in [0.15, 0.2) is 72.4 Å². The van der Waals surface area contributed by atoms with Gasteiger partial charge in [0.25, 0.3) is 0 Å². The summed E-state index contributed by atoms with van der Waals surface area (Å²) in [6.45, 7) is 4.88. The van der Waals surface area contributed by atoms with E-state index in [-0.39, 0.29) is 5.91 Å². The van der Waals surface area contributed by atoms with Gasteiger partial charge < -0.3 is 14.6 Å². The second kappa shape index (κ2) is 11.2. The van der Waals surface area contributed by atoms with Crippen LogP contribution in [0.2, 0.25) is 0 Å². The van der Waals surface area contributed by atoms with Crippen LogP contribution in [0, 0.1) is 0 Å². The van der Waals surface area contributed by atoms with E-state index < -0.39 is 0 Å². The maximum Gasteiger partial charge on any atom is 0.220 e. The van der Waals surface area contributed by atoms with Gasteiger partial charge in [-0.1, -0.05) is 66.4 Å². The molecule has 7 heteroatoms. The number of hydrogen-bond acceptors (Lipinski definition) is 5. The van der Waals surface area contributed by atoms with E-state index in [1.807, 2.05) is 53.1 Å². The van der Waals surface area contributed by atoms with E-state index in [2.05, 4.69) is 34.2 Å². The quantitative estimate of drug-likeness (QED) is 0.373. The molecule has 0 bridgehead atoms. The number of aromatic nitrogens is 3. The van der Waals surface area contributed by atoms with Crippen LogP contribution in [0.4, 0.5) is 0 Å². The number of rotatable bonds is 11. The number of nitrogens with one attached hydrogen (secondary N) is 1. The summed E-state index contributed by atoms with van der Waals surface area (Å²) in [5.74, 6) is 2.34. The molecule has 1 N–H and O–H groups in total. The zero-order chi connectivity index (χ0) is 21.2. The van der Waals surface area contributed by atoms with Crippen molar-refractivity contribution in [2.75, 3.05) is 7.11 Å². The predicted molar refractivity (Wildman–Crippen MR) is 119 cm³/mol. The second-order valence-corrected chi connectivity index (χ2v) is 7.60. The molecule has 30 heavy (non-hydrogen) atoms. The summed E-state index contributed by atoms with van der Waals surface area (Å²) >= 11 is 1.63. The number of ether oxygens (including phenoxy) is 1. The molecule has 0 spiro atoms. The number of allylic oxidation sites excluding steroid dienone is 1. The van der Waals surface area contributed by atoms with Crippen molar-refractivity contribution in [3.8, 4) is 5.75 Å². The summed E-state index contributed by atoms with van der Waals surface area (Å²) < 4.78 is 7.34. The lowest BCUT2D eigenvalue weighted by Crippen LogP contribution is -2.23. The number of amides is 1. The maximum atomic E-state index is 12.3. The lowest BCUT2D eigenvalue weighted by molar-refractivity contribution is -0.121. The number of carbonyl (C=O) groups excluding carboxylic acids is 1. The molecule has 0 radical (unpaired) electrons. The van der Waals surface area contributed by atoms with Crippen LogP contribution in [-0.2, 0) is 30.1 Å². The molecule has 1 heterocycles. The number of benzene rings is 2. The van der Waals surface area contributed by atoms with Crippen molar-refractivity contribution >= 4 is 17.7 Å². The van der Waals surface area contributed by atoms with Crippen LogP contribution >= 0.6 is 11.8 Å². The van der Waals surface area contributed by atoms with Crippen molar-refractivity contribution in [2.24, 2.45) is 0 Å². The van der Waals surface area contributed by atoms with Crippen molar-refractivity contribution in [3.05, 3.63) is 84.2 Å². The molecule has 2 aromatic carbocycles. The van der Waals surface area contributed by atoms with Crippen molar-refractivity contribution in [1.82, 2.24) is 20.1 Å². The van der Waals surface area contributed by atoms with Gasteiger partial charge in [0.15, 0.2) is 5.16 Å². The van der Waals surface area contributed by atoms with Crippen LogP contribution in [0.3, 0.4) is 0 Å². The molecule has 0 saturated heterocycles. The second-order valence-electron chi connectivity index (χ2n) is 6.66. The lowest BCUT2D eigenvalue weighted by Gasteiger charge is -2.10. The first kappa shape index (κ1) is 21.6. The Bertz CT molecular complexity index is 972. The van der Waals surface area contributed by atoms with Gasteiger partial charge in [-0.2, -0.15) is 0 Å². The third kappa shape index (κ3) is 5.97. The number of hydrogen-bond donors (Lipinski definition) is 1. The van der Waals surface area contributed by atoms with Crippen LogP contribution < -0.4 is 10.1 Å². The largest absolute Gasteiger partial charge is 0.496 e. The molecule has 0 atom stereocenters. The first-order valence-electron chi connectivity index (χ1n) is 9.79. The van der Waals surface area contributed by atoms with E-state index >= 15 is 0 Å². The van der Waals surface area contributed by atoms with Gasteiger partial charge in [0.05, 0.1) is 7.11 Å². The molecule has 6 nitrogen and oxygen atoms in total. The summed E-state index contributed by atoms with van der Waals surface area (Å²) in [4.78, 5) is 12.3. The monoisotopic (exact) mass is 422 g/mol. The molecule has 1 aromatic heterocycles. The van der Waals surface area contributed by atoms with E-state index in [1.165, 1.54) is 5.56 Å². The molecule has 0 aliphatic carbocycles. The highest BCUT2D eigenvalue weighted by molar-refractivity contribution is 7.98. The molecule has 0 fully saturated rings. The fraction of sp³-hybridized carbons (Fsp3) is 0.261. The topological polar surface area (TPSA) is 69.0 Å². The first-order chi connectivity index (χ1) is 14.7. The highest BCUT2D eigenvalue weighted by Gasteiger charge is 2.14. The minimum absolute atomic E-state index is 0.0347. The molecule has 0 aliphatic rings. The van der Waals surface area contributed by atoms with Crippen molar-refractivity contribution < 1.29 is 9.53 Å². The van der Waals surface area contributed by atoms with Crippen LogP contribution in [-0.4, -0.2) is 27.8 Å². The van der Waals surface area contributed by atoms with Gasteiger partial charge in [-0.05, 0) is 11.6 Å². The standard InChI is InChI=1S/C23H26N4O2S/c1-3-15-27-21(25-26-23(27)30-17-18-9-5-4-6-10-18)13-14-22(28)24-16-19-11-7-8-12-20(19)29-2/h3-12H,1,13-17H2,2H3,(H,24,28). The molecule has 0 saturated carbocycles. The highest BCUT2D eigenvalue weighted by Crippen LogP contribution is 2.22. The molecule has 0 aliphatic heterocycles. The number of nitrogens with zero attached hydrogens (tertiary/aromatic N) is 3. The van der Waals surface area contributed by atoms with Crippen LogP contribution in [0.5, 0.6) is 5.75 Å². The molecule has 3 rings (SSSR count). The van der Waals surface area contributed by atoms with Gasteiger partial charge in [-0.3, -0.25) is 4.79 Å². The van der Waals surface area contributed by atoms with Crippen molar-refractivity contribution in [1.29, 1.82) is 0 Å². The summed E-state index contributed by atoms with van der Waals surface area (Å²) in [6.07, 6.45) is 2.68. The smallest absolute Gasteiger partial charge is 0.220 e. The Morgan fingerprint density at radius 3 is 2.70 bits per heavy atom. The van der Waals surface area contributed by atoms with E-state index in [4.69, 9.17) is 4.74 Å². The van der Waals surface area contributed by atoms with Crippen molar-refractivity contribution in [3.63, 3.8) is 0 Å². The average Bonchev–Trinajstić information content (AvgIpc) is 3.17. The van der Waals surface area contributed by atoms with Gasteiger partial charge in [-0.15, -0.1) is 16.8 Å². The Hall–Kier alpha value is -3.06. The minimum Gasteiger partial charge on any atom is -0.496 e. The normalized spacial score (nSPS) is 10.6. The average molecular weight is 423 g/mol. The zero-order valence-corrected chi connectivity index (χ0v) is 17.9. The number of para-hydroxylation sites is 1. The fourth-order valence-corrected chi connectivity index (χ4v) is 3.92. The fourth-order valence-electron chi connectivity index (χ4n) is 3.00. The van der Waals surface area contributed by atoms with Gasteiger partial charge in [0.1, 0.15) is 11.6 Å². The zero-order valence-electron chi connectivity index (χ0n) is 17.1. The summed E-state index contributed by atoms with van der Waals surface area (Å²) in [6, 6.07) is 17.9. The van der Waals surface area contributed by atoms with Crippen LogP contribution in [0.25, 0.3) is 0 Å². The molecular weight excluding hydrogens is 396 g/mol. The summed E-state index contributed by atoms with van der Waals surface area (Å²) in [7, 11) is 1.63. The number of methoxy groups -OCH3 is 1. The lowest BCUT2D eigenvalue weighted by atomic mass is 10.2. The number of carbonyl (C=O) groups is 1. The molecule has 0 unspecified atom stereocenters. The van der Waals surface area contributed by atoms with E-state index in [0.29, 0.717) is 25.9 Å². The van der Waals surface area contributed by atoms with Crippen LogP contribution in [0.1, 0.15) is 23.4 Å². The SMILES string of the molecule is C=CCn1c(CCC(=O)NCc2ccccc2OC)nnc1SCc1ccccc1. The maximum absolute atomic E-state index is 12.3. The Morgan fingerprint density at radius 2 is 1.93 bits per heavy atom. The predicted octanol–water partition coefficient (Wildman–Crippen LogP) is 4.01. The van der Waals surface area contributed by atoms with E-state index in [0.717, 1.165) is 28.0 Å². The molecule has 1 amide bonds. The Morgan fingerprint density at radius 1 is 1.17 bits per heavy atom. The number of aryl methyl sites for hydroxylation is 1. The summed E-state index contributed by atoms with van der Waals surface area (Å²) in [5.41, 5.74) is 2.18. The third-order valence-corrected chi connectivity index (χ3v) is 5.60. The first-order valence-corrected chi connectivity index (χ1v) is 10.8. The Kier molecular flexibility index (Phi) is 8.09. The number of thioether (sulfide) groups is 1. The van der Waals surface area contributed by atoms with Crippen molar-refractivity contribution in [2.45, 2.75) is 36.8 Å². The molecular formula is C23H26N4O2S. The van der Waals surface area contributed by atoms with Gasteiger partial charge in [0, 0.05) is 37.2 Å². The molecule has 3 aromatic rings. The minimum atomic E-state index is -0.0347.